The predicted octanol–water partition coefficient (Wildman–Crippen LogP) is 1.28. The van der Waals surface area contributed by atoms with E-state index in [1.54, 1.807) is 22.2 Å². The fourth-order valence-corrected chi connectivity index (χ4v) is 4.36. The maximum absolute atomic E-state index is 12.5. The minimum atomic E-state index is 0.000657. The fourth-order valence-electron chi connectivity index (χ4n) is 3.13. The van der Waals surface area contributed by atoms with Gasteiger partial charge in [-0.25, -0.2) is 4.98 Å². The second kappa shape index (κ2) is 6.14. The number of rotatable bonds is 2. The summed E-state index contributed by atoms with van der Waals surface area (Å²) in [7, 11) is 0. The Balaban J connectivity index is 1.47. The summed E-state index contributed by atoms with van der Waals surface area (Å²) in [4.78, 5) is 20.8. The van der Waals surface area contributed by atoms with Crippen molar-refractivity contribution in [3.63, 3.8) is 0 Å². The zero-order valence-electron chi connectivity index (χ0n) is 12.7. The molecule has 4 heterocycles. The first kappa shape index (κ1) is 15.0. The number of thiazole rings is 1. The molecule has 7 nitrogen and oxygen atoms in total. The van der Waals surface area contributed by atoms with E-state index >= 15 is 0 Å². The van der Waals surface area contributed by atoms with Crippen LogP contribution in [0.25, 0.3) is 0 Å². The van der Waals surface area contributed by atoms with Gasteiger partial charge in [0.15, 0.2) is 0 Å². The molecule has 1 amide bonds. The number of ether oxygens (including phenoxy) is 1. The minimum absolute atomic E-state index is 0.000657. The summed E-state index contributed by atoms with van der Waals surface area (Å²) in [5.74, 6) is 0.296. The van der Waals surface area contributed by atoms with Crippen LogP contribution < -0.4 is 4.90 Å². The summed E-state index contributed by atoms with van der Waals surface area (Å²) >= 11 is 3.04. The molecule has 2 aromatic heterocycles. The molecule has 0 saturated carbocycles. The summed E-state index contributed by atoms with van der Waals surface area (Å²) in [5, 5.41) is 12.0. The van der Waals surface area contributed by atoms with Crippen LogP contribution in [0.3, 0.4) is 0 Å². The van der Waals surface area contributed by atoms with Crippen molar-refractivity contribution in [1.82, 2.24) is 20.1 Å². The van der Waals surface area contributed by atoms with Gasteiger partial charge in [0, 0.05) is 37.5 Å². The van der Waals surface area contributed by atoms with Crippen LogP contribution in [0.1, 0.15) is 15.5 Å². The molecule has 4 rings (SSSR count). The first-order valence-electron chi connectivity index (χ1n) is 7.55. The third kappa shape index (κ3) is 2.96. The number of fused-ring (bicyclic) bond motifs is 1. The van der Waals surface area contributed by atoms with Crippen LogP contribution in [0.4, 0.5) is 5.13 Å². The molecule has 0 aliphatic carbocycles. The normalized spacial score (nSPS) is 24.6. The average Bonchev–Trinajstić information content (AvgIpc) is 3.26. The van der Waals surface area contributed by atoms with Crippen LogP contribution in [-0.4, -0.2) is 64.9 Å². The molecule has 2 atom stereocenters. The van der Waals surface area contributed by atoms with Crippen LogP contribution in [0.5, 0.6) is 0 Å². The van der Waals surface area contributed by atoms with Crippen LogP contribution in [0.2, 0.25) is 0 Å². The van der Waals surface area contributed by atoms with E-state index in [2.05, 4.69) is 20.1 Å². The van der Waals surface area contributed by atoms with Crippen LogP contribution in [0, 0.1) is 12.8 Å². The molecule has 0 radical (unpaired) electrons. The van der Waals surface area contributed by atoms with Gasteiger partial charge in [0.05, 0.1) is 18.2 Å². The Morgan fingerprint density at radius 3 is 3.00 bits per heavy atom. The second-order valence-electron chi connectivity index (χ2n) is 5.80. The van der Waals surface area contributed by atoms with Gasteiger partial charge >= 0.3 is 0 Å². The molecule has 2 saturated heterocycles. The van der Waals surface area contributed by atoms with Gasteiger partial charge in [-0.2, -0.15) is 0 Å². The van der Waals surface area contributed by atoms with E-state index in [0.717, 1.165) is 23.2 Å². The van der Waals surface area contributed by atoms with Crippen molar-refractivity contribution in [3.05, 3.63) is 21.6 Å². The Labute approximate surface area is 141 Å². The highest BCUT2D eigenvalue weighted by molar-refractivity contribution is 7.15. The van der Waals surface area contributed by atoms with E-state index in [1.807, 2.05) is 11.8 Å². The molecule has 2 aliphatic heterocycles. The molecule has 23 heavy (non-hydrogen) atoms. The lowest BCUT2D eigenvalue weighted by atomic mass is 10.1. The van der Waals surface area contributed by atoms with Crippen LogP contribution in [0.15, 0.2) is 10.9 Å². The first-order chi connectivity index (χ1) is 11.2. The number of nitrogens with zero attached hydrogens (tertiary/aromatic N) is 5. The van der Waals surface area contributed by atoms with E-state index in [4.69, 9.17) is 4.74 Å². The molecule has 0 N–H and O–H groups in total. The van der Waals surface area contributed by atoms with Gasteiger partial charge in [-0.15, -0.1) is 21.5 Å². The van der Waals surface area contributed by atoms with Crippen molar-refractivity contribution < 1.29 is 9.53 Å². The van der Waals surface area contributed by atoms with Gasteiger partial charge < -0.3 is 14.5 Å². The van der Waals surface area contributed by atoms with Gasteiger partial charge in [-0.05, 0) is 6.92 Å². The summed E-state index contributed by atoms with van der Waals surface area (Å²) < 4.78 is 5.99. The van der Waals surface area contributed by atoms with Gasteiger partial charge in [0.1, 0.15) is 10.7 Å². The number of anilines is 1. The quantitative estimate of drug-likeness (QED) is 0.812. The summed E-state index contributed by atoms with van der Waals surface area (Å²) in [6, 6.07) is 0. The predicted molar refractivity (Wildman–Crippen MR) is 88.1 cm³/mol. The molecule has 2 aliphatic rings. The van der Waals surface area contributed by atoms with Crippen molar-refractivity contribution in [2.75, 3.05) is 37.7 Å². The Morgan fingerprint density at radius 2 is 2.26 bits per heavy atom. The van der Waals surface area contributed by atoms with Gasteiger partial charge in [0.2, 0.25) is 5.13 Å². The third-order valence-corrected chi connectivity index (χ3v) is 5.74. The monoisotopic (exact) mass is 351 g/mol. The SMILES string of the molecule is Cc1nnc(N2C[C@@H]3CN(C(=O)c4cscn4)CCO[C@@H]3C2)s1. The average molecular weight is 351 g/mol. The Morgan fingerprint density at radius 1 is 1.35 bits per heavy atom. The zero-order chi connectivity index (χ0) is 15.8. The molecule has 0 spiro atoms. The first-order valence-corrected chi connectivity index (χ1v) is 9.31. The summed E-state index contributed by atoms with van der Waals surface area (Å²) in [5.41, 5.74) is 2.22. The number of aromatic nitrogens is 3. The lowest BCUT2D eigenvalue weighted by molar-refractivity contribution is 0.0569. The maximum Gasteiger partial charge on any atom is 0.273 e. The van der Waals surface area contributed by atoms with E-state index in [-0.39, 0.29) is 12.0 Å². The Bertz CT molecular complexity index is 689. The molecule has 2 aromatic rings. The number of carbonyl (C=O) groups is 1. The number of aryl methyl sites for hydroxylation is 1. The number of hydrogen-bond donors (Lipinski definition) is 0. The second-order valence-corrected chi connectivity index (χ2v) is 7.68. The van der Waals surface area contributed by atoms with Gasteiger partial charge in [-0.3, -0.25) is 4.79 Å². The minimum Gasteiger partial charge on any atom is -0.374 e. The van der Waals surface area contributed by atoms with E-state index in [1.165, 1.54) is 11.3 Å². The number of amides is 1. The van der Waals surface area contributed by atoms with E-state index < -0.39 is 0 Å². The van der Waals surface area contributed by atoms with E-state index in [0.29, 0.717) is 31.3 Å². The Hall–Kier alpha value is -1.58. The lowest BCUT2D eigenvalue weighted by Gasteiger charge is -2.22. The molecule has 0 unspecified atom stereocenters. The van der Waals surface area contributed by atoms with Crippen LogP contribution >= 0.6 is 22.7 Å². The van der Waals surface area contributed by atoms with Crippen molar-refractivity contribution in [2.45, 2.75) is 13.0 Å². The highest BCUT2D eigenvalue weighted by atomic mass is 32.1. The molecule has 0 bridgehead atoms. The zero-order valence-corrected chi connectivity index (χ0v) is 14.3. The highest BCUT2D eigenvalue weighted by Crippen LogP contribution is 2.30. The number of hydrogen-bond acceptors (Lipinski definition) is 8. The van der Waals surface area contributed by atoms with E-state index in [9.17, 15) is 4.79 Å². The maximum atomic E-state index is 12.5. The van der Waals surface area contributed by atoms with Crippen molar-refractivity contribution in [3.8, 4) is 0 Å². The molecule has 2 fully saturated rings. The Kier molecular flexibility index (Phi) is 4.00. The van der Waals surface area contributed by atoms with Crippen molar-refractivity contribution >= 4 is 33.7 Å². The molecular weight excluding hydrogens is 334 g/mol. The molecular formula is C14H17N5O2S2. The standard InChI is InChI=1S/C14H17N5O2S2/c1-9-16-17-14(23-9)19-5-10-4-18(2-3-21-12(10)6-19)13(20)11-7-22-8-15-11/h7-8,10,12H,2-6H2,1H3/t10-,12+/m0/s1. The lowest BCUT2D eigenvalue weighted by Crippen LogP contribution is -2.37. The largest absolute Gasteiger partial charge is 0.374 e. The van der Waals surface area contributed by atoms with Crippen LogP contribution in [-0.2, 0) is 4.74 Å². The summed E-state index contributed by atoms with van der Waals surface area (Å²) in [6.07, 6.45) is 0.146. The smallest absolute Gasteiger partial charge is 0.273 e. The van der Waals surface area contributed by atoms with Crippen molar-refractivity contribution in [1.29, 1.82) is 0 Å². The number of carbonyl (C=O) groups excluding carboxylic acids is 1. The third-order valence-electron chi connectivity index (χ3n) is 4.25. The molecule has 122 valence electrons. The van der Waals surface area contributed by atoms with Gasteiger partial charge in [-0.1, -0.05) is 11.3 Å². The molecule has 9 heteroatoms. The fraction of sp³-hybridized carbons (Fsp3) is 0.571. The highest BCUT2D eigenvalue weighted by Gasteiger charge is 2.39. The molecule has 0 aromatic carbocycles. The van der Waals surface area contributed by atoms with Crippen molar-refractivity contribution in [2.24, 2.45) is 5.92 Å². The van der Waals surface area contributed by atoms with Gasteiger partial charge in [0.25, 0.3) is 5.91 Å². The summed E-state index contributed by atoms with van der Waals surface area (Å²) in [6.45, 7) is 5.52. The topological polar surface area (TPSA) is 71.5 Å².